The summed E-state index contributed by atoms with van der Waals surface area (Å²) in [4.78, 5) is 4.18. The van der Waals surface area contributed by atoms with Crippen LogP contribution in [-0.4, -0.2) is 25.2 Å². The lowest BCUT2D eigenvalue weighted by atomic mass is 9.85. The standard InChI is InChI=1S/C19H24F3N3O.HI/c1-12-15-5-3-4-6-16(15)26-17(12)11-24-18(23-2)25-14-9-7-13(8-10-14)19(20,21)22;/h3-6,13-14H,7-11H2,1-2H3,(H2,23,24,25);1H. The Morgan fingerprint density at radius 2 is 1.85 bits per heavy atom. The van der Waals surface area contributed by atoms with Crippen LogP contribution in [-0.2, 0) is 6.54 Å². The van der Waals surface area contributed by atoms with Crippen molar-refractivity contribution in [2.75, 3.05) is 7.05 Å². The zero-order valence-electron chi connectivity index (χ0n) is 15.4. The van der Waals surface area contributed by atoms with E-state index in [2.05, 4.69) is 15.6 Å². The van der Waals surface area contributed by atoms with E-state index in [1.54, 1.807) is 7.05 Å². The van der Waals surface area contributed by atoms with Gasteiger partial charge in [-0.1, -0.05) is 18.2 Å². The molecule has 2 aromatic rings. The van der Waals surface area contributed by atoms with Crippen molar-refractivity contribution in [2.24, 2.45) is 10.9 Å². The number of hydrogen-bond donors (Lipinski definition) is 2. The third kappa shape index (κ3) is 5.30. The van der Waals surface area contributed by atoms with Gasteiger partial charge in [-0.05, 0) is 38.7 Å². The summed E-state index contributed by atoms with van der Waals surface area (Å²) < 4.78 is 44.2. The molecule has 27 heavy (non-hydrogen) atoms. The number of rotatable bonds is 3. The quantitative estimate of drug-likeness (QED) is 0.352. The zero-order valence-corrected chi connectivity index (χ0v) is 17.7. The van der Waals surface area contributed by atoms with Crippen LogP contribution in [0.5, 0.6) is 0 Å². The van der Waals surface area contributed by atoms with Crippen molar-refractivity contribution < 1.29 is 17.6 Å². The van der Waals surface area contributed by atoms with Gasteiger partial charge >= 0.3 is 6.18 Å². The maximum atomic E-state index is 12.8. The van der Waals surface area contributed by atoms with E-state index in [1.165, 1.54) is 0 Å². The van der Waals surface area contributed by atoms with Crippen molar-refractivity contribution in [2.45, 2.75) is 51.4 Å². The highest BCUT2D eigenvalue weighted by molar-refractivity contribution is 14.0. The normalized spacial score (nSPS) is 21.0. The Hall–Kier alpha value is -1.45. The number of hydrogen-bond acceptors (Lipinski definition) is 2. The average molecular weight is 495 g/mol. The molecule has 0 aliphatic heterocycles. The summed E-state index contributed by atoms with van der Waals surface area (Å²) in [7, 11) is 1.65. The van der Waals surface area contributed by atoms with Crippen LogP contribution < -0.4 is 10.6 Å². The Bertz CT molecular complexity index is 780. The summed E-state index contributed by atoms with van der Waals surface area (Å²) in [6.45, 7) is 2.48. The predicted octanol–water partition coefficient (Wildman–Crippen LogP) is 5.15. The van der Waals surface area contributed by atoms with E-state index >= 15 is 0 Å². The first-order valence-corrected chi connectivity index (χ1v) is 8.89. The lowest BCUT2D eigenvalue weighted by molar-refractivity contribution is -0.182. The maximum Gasteiger partial charge on any atom is 0.391 e. The van der Waals surface area contributed by atoms with Crippen molar-refractivity contribution in [3.05, 3.63) is 35.6 Å². The number of nitrogens with one attached hydrogen (secondary N) is 2. The second-order valence-corrected chi connectivity index (χ2v) is 6.81. The number of aliphatic imine (C=N–C) groups is 1. The van der Waals surface area contributed by atoms with Gasteiger partial charge in [-0.2, -0.15) is 13.2 Å². The zero-order chi connectivity index (χ0) is 18.7. The molecule has 4 nitrogen and oxygen atoms in total. The molecule has 2 N–H and O–H groups in total. The van der Waals surface area contributed by atoms with Crippen LogP contribution in [0.15, 0.2) is 33.7 Å². The van der Waals surface area contributed by atoms with Gasteiger partial charge in [-0.3, -0.25) is 4.99 Å². The largest absolute Gasteiger partial charge is 0.459 e. The highest BCUT2D eigenvalue weighted by atomic mass is 127. The van der Waals surface area contributed by atoms with E-state index in [-0.39, 0.29) is 42.9 Å². The van der Waals surface area contributed by atoms with Crippen LogP contribution in [0, 0.1) is 12.8 Å². The van der Waals surface area contributed by atoms with Gasteiger partial charge in [0.1, 0.15) is 11.3 Å². The van der Waals surface area contributed by atoms with Crippen molar-refractivity contribution in [1.29, 1.82) is 0 Å². The number of alkyl halides is 3. The molecule has 0 radical (unpaired) electrons. The molecule has 0 amide bonds. The fourth-order valence-electron chi connectivity index (χ4n) is 3.51. The highest BCUT2D eigenvalue weighted by Crippen LogP contribution is 2.37. The smallest absolute Gasteiger partial charge is 0.391 e. The molecule has 0 atom stereocenters. The first-order valence-electron chi connectivity index (χ1n) is 8.89. The average Bonchev–Trinajstić information content (AvgIpc) is 2.94. The van der Waals surface area contributed by atoms with Crippen LogP contribution >= 0.6 is 24.0 Å². The van der Waals surface area contributed by atoms with Crippen LogP contribution in [0.2, 0.25) is 0 Å². The second kappa shape index (κ2) is 9.16. The molecule has 1 aliphatic rings. The molecule has 0 saturated heterocycles. The maximum absolute atomic E-state index is 12.8. The van der Waals surface area contributed by atoms with E-state index in [0.29, 0.717) is 25.3 Å². The van der Waals surface area contributed by atoms with Crippen molar-refractivity contribution in [3.63, 3.8) is 0 Å². The number of guanidine groups is 1. The minimum absolute atomic E-state index is 0. The molecule has 1 fully saturated rings. The molecule has 1 aromatic heterocycles. The van der Waals surface area contributed by atoms with Gasteiger partial charge in [0.25, 0.3) is 0 Å². The Morgan fingerprint density at radius 3 is 2.44 bits per heavy atom. The molecular weight excluding hydrogens is 470 g/mol. The van der Waals surface area contributed by atoms with Gasteiger partial charge in [0, 0.05) is 24.0 Å². The minimum Gasteiger partial charge on any atom is -0.459 e. The summed E-state index contributed by atoms with van der Waals surface area (Å²) in [6.07, 6.45) is -2.76. The number of furan rings is 1. The predicted molar refractivity (Wildman–Crippen MR) is 112 cm³/mol. The van der Waals surface area contributed by atoms with Crippen LogP contribution in [0.25, 0.3) is 11.0 Å². The molecule has 150 valence electrons. The Morgan fingerprint density at radius 1 is 1.19 bits per heavy atom. The number of aryl methyl sites for hydroxylation is 1. The third-order valence-corrected chi connectivity index (χ3v) is 5.11. The molecular formula is C19H25F3IN3O. The van der Waals surface area contributed by atoms with E-state index in [0.717, 1.165) is 22.3 Å². The van der Waals surface area contributed by atoms with Gasteiger partial charge in [0.2, 0.25) is 0 Å². The van der Waals surface area contributed by atoms with E-state index in [4.69, 9.17) is 4.42 Å². The first-order chi connectivity index (χ1) is 12.4. The highest BCUT2D eigenvalue weighted by Gasteiger charge is 2.41. The van der Waals surface area contributed by atoms with Crippen molar-refractivity contribution in [3.8, 4) is 0 Å². The Labute approximate surface area is 174 Å². The molecule has 1 saturated carbocycles. The Kier molecular flexibility index (Phi) is 7.41. The molecule has 3 rings (SSSR count). The van der Waals surface area contributed by atoms with E-state index < -0.39 is 12.1 Å². The van der Waals surface area contributed by atoms with Crippen LogP contribution in [0.4, 0.5) is 13.2 Å². The number of para-hydroxylation sites is 1. The number of nitrogens with zero attached hydrogens (tertiary/aromatic N) is 1. The molecule has 1 heterocycles. The Balaban J connectivity index is 0.00000261. The number of benzene rings is 1. The molecule has 8 heteroatoms. The molecule has 0 bridgehead atoms. The number of fused-ring (bicyclic) bond motifs is 1. The van der Waals surface area contributed by atoms with Gasteiger partial charge in [0.15, 0.2) is 5.96 Å². The fourth-order valence-corrected chi connectivity index (χ4v) is 3.51. The molecule has 0 unspecified atom stereocenters. The fraction of sp³-hybridized carbons (Fsp3) is 0.526. The minimum atomic E-state index is -4.08. The molecule has 1 aliphatic carbocycles. The summed E-state index contributed by atoms with van der Waals surface area (Å²) in [5, 5.41) is 7.51. The molecule has 0 spiro atoms. The lowest BCUT2D eigenvalue weighted by Gasteiger charge is -2.31. The van der Waals surface area contributed by atoms with Crippen molar-refractivity contribution >= 4 is 40.9 Å². The monoisotopic (exact) mass is 495 g/mol. The number of halogens is 4. The van der Waals surface area contributed by atoms with Gasteiger partial charge in [-0.15, -0.1) is 24.0 Å². The second-order valence-electron chi connectivity index (χ2n) is 6.81. The lowest BCUT2D eigenvalue weighted by Crippen LogP contribution is -2.45. The van der Waals surface area contributed by atoms with Gasteiger partial charge < -0.3 is 15.1 Å². The van der Waals surface area contributed by atoms with Gasteiger partial charge in [-0.25, -0.2) is 0 Å². The summed E-state index contributed by atoms with van der Waals surface area (Å²) in [5.41, 5.74) is 1.92. The van der Waals surface area contributed by atoms with E-state index in [1.807, 2.05) is 31.2 Å². The van der Waals surface area contributed by atoms with Crippen LogP contribution in [0.1, 0.15) is 37.0 Å². The van der Waals surface area contributed by atoms with E-state index in [9.17, 15) is 13.2 Å². The topological polar surface area (TPSA) is 49.6 Å². The van der Waals surface area contributed by atoms with Crippen molar-refractivity contribution in [1.82, 2.24) is 10.6 Å². The summed E-state index contributed by atoms with van der Waals surface area (Å²) >= 11 is 0. The van der Waals surface area contributed by atoms with Crippen LogP contribution in [0.3, 0.4) is 0 Å². The SMILES string of the molecule is CN=C(NCc1oc2ccccc2c1C)NC1CCC(C(F)(F)F)CC1.I. The first kappa shape index (κ1) is 21.8. The molecule has 1 aromatic carbocycles. The summed E-state index contributed by atoms with van der Waals surface area (Å²) in [6, 6.07) is 7.86. The summed E-state index contributed by atoms with van der Waals surface area (Å²) in [5.74, 6) is 0.240. The van der Waals surface area contributed by atoms with Gasteiger partial charge in [0.05, 0.1) is 12.5 Å². The third-order valence-electron chi connectivity index (χ3n) is 5.11.